The van der Waals surface area contributed by atoms with Crippen molar-refractivity contribution in [1.82, 2.24) is 19.4 Å². The van der Waals surface area contributed by atoms with Gasteiger partial charge in [-0.15, -0.1) is 0 Å². The van der Waals surface area contributed by atoms with Gasteiger partial charge >= 0.3 is 0 Å². The highest BCUT2D eigenvalue weighted by Gasteiger charge is 2.19. The van der Waals surface area contributed by atoms with Crippen molar-refractivity contribution in [3.63, 3.8) is 0 Å². The van der Waals surface area contributed by atoms with Gasteiger partial charge in [-0.05, 0) is 44.3 Å². The number of nitrogens with one attached hydrogen (secondary N) is 2. The van der Waals surface area contributed by atoms with Gasteiger partial charge in [-0.3, -0.25) is 4.79 Å². The predicted octanol–water partition coefficient (Wildman–Crippen LogP) is 6.02. The van der Waals surface area contributed by atoms with Gasteiger partial charge in [0.2, 0.25) is 5.95 Å². The number of benzene rings is 3. The molecule has 0 aliphatic heterocycles. The average molecular weight is 615 g/mol. The Kier molecular flexibility index (Phi) is 9.95. The molecule has 234 valence electrons. The lowest BCUT2D eigenvalue weighted by atomic mass is 10.1. The van der Waals surface area contributed by atoms with Crippen LogP contribution in [0, 0.1) is 11.3 Å². The van der Waals surface area contributed by atoms with E-state index in [1.54, 1.807) is 25.4 Å². The monoisotopic (exact) mass is 614 g/mol. The molecule has 5 aromatic rings. The maximum Gasteiger partial charge on any atom is 0.266 e. The Bertz CT molecular complexity index is 1910. The van der Waals surface area contributed by atoms with Crippen molar-refractivity contribution in [3.8, 4) is 23.1 Å². The predicted molar refractivity (Wildman–Crippen MR) is 185 cm³/mol. The summed E-state index contributed by atoms with van der Waals surface area (Å²) in [5, 5.41) is 17.2. The van der Waals surface area contributed by atoms with Gasteiger partial charge in [0.1, 0.15) is 17.4 Å². The lowest BCUT2D eigenvalue weighted by Crippen LogP contribution is -2.29. The SMILES string of the molecule is COc1cc(N(C)CCN(C)C)c(NC(=O)/C(C#N)=C/Cc2ccccc2)cc1Nc1nccc(-c2cn(C)c3ccccc23)n1. The number of hydrogen-bond acceptors (Lipinski definition) is 8. The van der Waals surface area contributed by atoms with Gasteiger partial charge in [-0.25, -0.2) is 9.97 Å². The number of nitriles is 1. The molecule has 0 radical (unpaired) electrons. The van der Waals surface area contributed by atoms with Crippen LogP contribution in [-0.4, -0.2) is 66.7 Å². The van der Waals surface area contributed by atoms with Crippen molar-refractivity contribution in [3.05, 3.63) is 102 Å². The average Bonchev–Trinajstić information content (AvgIpc) is 3.41. The zero-order valence-electron chi connectivity index (χ0n) is 26.8. The number of allylic oxidation sites excluding steroid dienone is 1. The lowest BCUT2D eigenvalue weighted by molar-refractivity contribution is -0.112. The zero-order chi connectivity index (χ0) is 32.6. The molecule has 5 rings (SSSR count). The van der Waals surface area contributed by atoms with E-state index < -0.39 is 5.91 Å². The van der Waals surface area contributed by atoms with Crippen LogP contribution in [0.1, 0.15) is 5.56 Å². The van der Waals surface area contributed by atoms with Crippen LogP contribution in [0.3, 0.4) is 0 Å². The van der Waals surface area contributed by atoms with Crippen LogP contribution in [-0.2, 0) is 18.3 Å². The van der Waals surface area contributed by atoms with Gasteiger partial charge in [0, 0.05) is 62.1 Å². The zero-order valence-corrected chi connectivity index (χ0v) is 26.8. The van der Waals surface area contributed by atoms with Crippen LogP contribution in [0.2, 0.25) is 0 Å². The van der Waals surface area contributed by atoms with Gasteiger partial charge in [0.25, 0.3) is 5.91 Å². The molecule has 2 heterocycles. The Morgan fingerprint density at radius 3 is 2.52 bits per heavy atom. The van der Waals surface area contributed by atoms with Crippen LogP contribution in [0.25, 0.3) is 22.2 Å². The van der Waals surface area contributed by atoms with E-state index in [4.69, 9.17) is 9.72 Å². The molecule has 1 amide bonds. The van der Waals surface area contributed by atoms with Crippen molar-refractivity contribution in [2.75, 3.05) is 56.9 Å². The number of para-hydroxylation sites is 1. The van der Waals surface area contributed by atoms with E-state index in [1.807, 2.05) is 87.7 Å². The number of carbonyl (C=O) groups excluding carboxylic acids is 1. The first-order valence-corrected chi connectivity index (χ1v) is 14.9. The molecule has 10 heteroatoms. The molecule has 0 bridgehead atoms. The van der Waals surface area contributed by atoms with Gasteiger partial charge in [0.15, 0.2) is 0 Å². The molecule has 0 fully saturated rings. The quantitative estimate of drug-likeness (QED) is 0.130. The summed E-state index contributed by atoms with van der Waals surface area (Å²) in [6.45, 7) is 1.48. The number of methoxy groups -OCH3 is 1. The number of ether oxygens (including phenoxy) is 1. The van der Waals surface area contributed by atoms with Crippen molar-refractivity contribution in [2.45, 2.75) is 6.42 Å². The van der Waals surface area contributed by atoms with Gasteiger partial charge in [0.05, 0.1) is 29.9 Å². The van der Waals surface area contributed by atoms with Crippen molar-refractivity contribution in [1.29, 1.82) is 5.26 Å². The number of nitrogens with zero attached hydrogens (tertiary/aromatic N) is 6. The Balaban J connectivity index is 1.48. The number of carbonyl (C=O) groups is 1. The minimum absolute atomic E-state index is 0.0298. The van der Waals surface area contributed by atoms with E-state index in [0.717, 1.165) is 40.0 Å². The van der Waals surface area contributed by atoms with Crippen LogP contribution < -0.4 is 20.3 Å². The fraction of sp³-hybridized carbons (Fsp3) is 0.222. The summed E-state index contributed by atoms with van der Waals surface area (Å²) >= 11 is 0. The second-order valence-electron chi connectivity index (χ2n) is 11.2. The number of amides is 1. The molecular weight excluding hydrogens is 576 g/mol. The molecule has 0 unspecified atom stereocenters. The molecule has 0 spiro atoms. The van der Waals surface area contributed by atoms with Crippen molar-refractivity contribution < 1.29 is 9.53 Å². The number of fused-ring (bicyclic) bond motifs is 1. The summed E-state index contributed by atoms with van der Waals surface area (Å²) in [4.78, 5) is 26.9. The number of rotatable bonds is 12. The molecule has 46 heavy (non-hydrogen) atoms. The molecule has 0 atom stereocenters. The second-order valence-corrected chi connectivity index (χ2v) is 11.2. The van der Waals surface area contributed by atoms with E-state index in [-0.39, 0.29) is 5.57 Å². The molecule has 0 saturated carbocycles. The third-order valence-corrected chi connectivity index (χ3v) is 7.68. The first-order chi connectivity index (χ1) is 22.3. The number of anilines is 4. The molecular formula is C36H38N8O2. The van der Waals surface area contributed by atoms with E-state index in [1.165, 1.54) is 0 Å². The largest absolute Gasteiger partial charge is 0.494 e. The van der Waals surface area contributed by atoms with Crippen molar-refractivity contribution in [2.24, 2.45) is 7.05 Å². The highest BCUT2D eigenvalue weighted by molar-refractivity contribution is 6.08. The number of aryl methyl sites for hydroxylation is 1. The molecule has 2 aromatic heterocycles. The minimum atomic E-state index is -0.494. The lowest BCUT2D eigenvalue weighted by Gasteiger charge is -2.26. The standard InChI is InChI=1S/C36H38N8O2/c1-42(2)19-20-43(3)33-22-34(46-5)31(21-30(33)39-35(45)26(23-37)16-15-25-11-7-6-8-12-25)41-36-38-18-17-29(40-36)28-24-44(4)32-14-10-9-13-27(28)32/h6-14,16-18,21-22,24H,15,19-20H2,1-5H3,(H,39,45)(H,38,40,41)/b26-16+. The summed E-state index contributed by atoms with van der Waals surface area (Å²) in [6.07, 6.45) is 5.88. The van der Waals surface area contributed by atoms with Gasteiger partial charge in [-0.2, -0.15) is 5.26 Å². The highest BCUT2D eigenvalue weighted by atomic mass is 16.5. The molecule has 0 aliphatic carbocycles. The van der Waals surface area contributed by atoms with Crippen LogP contribution in [0.5, 0.6) is 5.75 Å². The molecule has 0 saturated heterocycles. The fourth-order valence-corrected chi connectivity index (χ4v) is 5.17. The molecule has 2 N–H and O–H groups in total. The summed E-state index contributed by atoms with van der Waals surface area (Å²) in [7, 11) is 9.57. The van der Waals surface area contributed by atoms with E-state index >= 15 is 0 Å². The summed E-state index contributed by atoms with van der Waals surface area (Å²) in [6, 6.07) is 25.5. The smallest absolute Gasteiger partial charge is 0.266 e. The van der Waals surface area contributed by atoms with E-state index in [0.29, 0.717) is 36.0 Å². The van der Waals surface area contributed by atoms with Crippen LogP contribution >= 0.6 is 0 Å². The normalized spacial score (nSPS) is 11.4. The molecule has 0 aliphatic rings. The maximum absolute atomic E-state index is 13.4. The van der Waals surface area contributed by atoms with E-state index in [2.05, 4.69) is 49.5 Å². The number of likely N-dealkylation sites (N-methyl/N-ethyl adjacent to an activating group) is 2. The number of hydrogen-bond donors (Lipinski definition) is 2. The first-order valence-electron chi connectivity index (χ1n) is 14.9. The number of aromatic nitrogens is 3. The minimum Gasteiger partial charge on any atom is -0.494 e. The van der Waals surface area contributed by atoms with Crippen LogP contribution in [0.4, 0.5) is 23.0 Å². The van der Waals surface area contributed by atoms with Gasteiger partial charge in [-0.1, -0.05) is 54.6 Å². The first kappa shape index (κ1) is 31.8. The van der Waals surface area contributed by atoms with Crippen molar-refractivity contribution >= 4 is 39.8 Å². The molecule has 3 aromatic carbocycles. The van der Waals surface area contributed by atoms with E-state index in [9.17, 15) is 10.1 Å². The van der Waals surface area contributed by atoms with Crippen LogP contribution in [0.15, 0.2) is 96.8 Å². The Morgan fingerprint density at radius 1 is 1.02 bits per heavy atom. The third-order valence-electron chi connectivity index (χ3n) is 7.68. The van der Waals surface area contributed by atoms with Gasteiger partial charge < -0.3 is 29.7 Å². The Hall–Kier alpha value is -5.66. The second kappa shape index (κ2) is 14.4. The summed E-state index contributed by atoms with van der Waals surface area (Å²) < 4.78 is 7.87. The fourth-order valence-electron chi connectivity index (χ4n) is 5.17. The summed E-state index contributed by atoms with van der Waals surface area (Å²) in [5.74, 6) is 0.421. The Labute approximate surface area is 269 Å². The molecule has 10 nitrogen and oxygen atoms in total. The maximum atomic E-state index is 13.4. The topological polar surface area (TPSA) is 111 Å². The Morgan fingerprint density at radius 2 is 1.78 bits per heavy atom. The summed E-state index contributed by atoms with van der Waals surface area (Å²) in [5.41, 5.74) is 5.72. The third kappa shape index (κ3) is 7.34. The highest BCUT2D eigenvalue weighted by Crippen LogP contribution is 2.38.